The summed E-state index contributed by atoms with van der Waals surface area (Å²) in [6, 6.07) is 5.52. The van der Waals surface area contributed by atoms with Gasteiger partial charge in [-0.15, -0.1) is 0 Å². The first-order valence-corrected chi connectivity index (χ1v) is 8.97. The summed E-state index contributed by atoms with van der Waals surface area (Å²) in [5.41, 5.74) is 1.28. The minimum absolute atomic E-state index is 0.361. The van der Waals surface area contributed by atoms with Crippen LogP contribution < -0.4 is 0 Å². The van der Waals surface area contributed by atoms with E-state index in [4.69, 9.17) is 5.26 Å². The van der Waals surface area contributed by atoms with Crippen LogP contribution in [0.2, 0.25) is 0 Å². The molecule has 1 aliphatic rings. The van der Waals surface area contributed by atoms with Crippen LogP contribution in [0.25, 0.3) is 0 Å². The van der Waals surface area contributed by atoms with Crippen molar-refractivity contribution in [3.05, 3.63) is 29.6 Å². The van der Waals surface area contributed by atoms with Gasteiger partial charge in [0.2, 0.25) is 0 Å². The molecule has 1 fully saturated rings. The normalized spacial score (nSPS) is 20.9. The van der Waals surface area contributed by atoms with Gasteiger partial charge < -0.3 is 0 Å². The molecule has 0 amide bonds. The predicted molar refractivity (Wildman–Crippen MR) is 75.3 cm³/mol. The molecule has 102 valence electrons. The molecular weight excluding hydrogens is 282 g/mol. The van der Waals surface area contributed by atoms with Gasteiger partial charge in [-0.3, -0.25) is 4.90 Å². The molecule has 0 N–H and O–H groups in total. The Morgan fingerprint density at radius 1 is 1.63 bits per heavy atom. The van der Waals surface area contributed by atoms with Crippen molar-refractivity contribution < 1.29 is 8.42 Å². The second-order valence-corrected chi connectivity index (χ2v) is 7.84. The summed E-state index contributed by atoms with van der Waals surface area (Å²) in [7, 11) is -3.09. The van der Waals surface area contributed by atoms with Crippen LogP contribution in [0.1, 0.15) is 11.3 Å². The highest BCUT2D eigenvalue weighted by molar-refractivity contribution is 8.00. The number of aromatic nitrogens is 1. The summed E-state index contributed by atoms with van der Waals surface area (Å²) in [4.78, 5) is 5.88. The number of rotatable bonds is 3. The molecule has 0 spiro atoms. The second-order valence-electron chi connectivity index (χ2n) is 4.49. The highest BCUT2D eigenvalue weighted by Gasteiger charge is 2.30. The third kappa shape index (κ3) is 3.69. The number of sulfone groups is 1. The van der Waals surface area contributed by atoms with Crippen molar-refractivity contribution in [3.63, 3.8) is 0 Å². The summed E-state index contributed by atoms with van der Waals surface area (Å²) in [6.45, 7) is 1.28. The van der Waals surface area contributed by atoms with Gasteiger partial charge in [0.1, 0.15) is 17.1 Å². The van der Waals surface area contributed by atoms with Crippen LogP contribution in [0, 0.1) is 11.3 Å². The largest absolute Gasteiger partial charge is 0.281 e. The number of pyridine rings is 1. The van der Waals surface area contributed by atoms with Crippen LogP contribution in [-0.2, 0) is 16.4 Å². The van der Waals surface area contributed by atoms with Crippen LogP contribution in [-0.4, -0.2) is 48.0 Å². The molecule has 2 rings (SSSR count). The van der Waals surface area contributed by atoms with Crippen LogP contribution >= 0.6 is 11.8 Å². The number of thioether (sulfide) groups is 1. The Bertz CT molecular complexity index is 595. The van der Waals surface area contributed by atoms with Gasteiger partial charge in [-0.1, -0.05) is 0 Å². The van der Waals surface area contributed by atoms with Crippen molar-refractivity contribution in [2.24, 2.45) is 0 Å². The van der Waals surface area contributed by atoms with Gasteiger partial charge in [0.25, 0.3) is 0 Å². The minimum Gasteiger partial charge on any atom is -0.281 e. The summed E-state index contributed by atoms with van der Waals surface area (Å²) >= 11 is 1.67. The fourth-order valence-electron chi connectivity index (χ4n) is 2.06. The van der Waals surface area contributed by atoms with Crippen LogP contribution in [0.4, 0.5) is 0 Å². The highest BCUT2D eigenvalue weighted by atomic mass is 32.2. The number of nitrogens with zero attached hydrogens (tertiary/aromatic N) is 3. The van der Waals surface area contributed by atoms with E-state index in [2.05, 4.69) is 4.98 Å². The molecule has 1 aromatic rings. The summed E-state index contributed by atoms with van der Waals surface area (Å²) < 4.78 is 23.6. The van der Waals surface area contributed by atoms with Crippen molar-refractivity contribution in [2.75, 3.05) is 24.3 Å². The Morgan fingerprint density at radius 2 is 2.42 bits per heavy atom. The Kier molecular flexibility index (Phi) is 4.45. The van der Waals surface area contributed by atoms with Gasteiger partial charge >= 0.3 is 0 Å². The van der Waals surface area contributed by atoms with E-state index in [1.54, 1.807) is 24.0 Å². The molecular formula is C12H15N3O2S2. The lowest BCUT2D eigenvalue weighted by Gasteiger charge is -2.33. The molecule has 1 aromatic heterocycles. The Balaban J connectivity index is 2.18. The van der Waals surface area contributed by atoms with Crippen molar-refractivity contribution >= 4 is 21.6 Å². The molecule has 19 heavy (non-hydrogen) atoms. The summed E-state index contributed by atoms with van der Waals surface area (Å²) in [5, 5.41) is 8.38. The Morgan fingerprint density at radius 3 is 3.11 bits per heavy atom. The Labute approximate surface area is 117 Å². The molecule has 0 saturated carbocycles. The van der Waals surface area contributed by atoms with Gasteiger partial charge in [-0.2, -0.15) is 17.0 Å². The third-order valence-corrected chi connectivity index (χ3v) is 5.70. The molecule has 0 aromatic carbocycles. The second kappa shape index (κ2) is 5.90. The molecule has 1 aliphatic heterocycles. The molecule has 2 heterocycles. The topological polar surface area (TPSA) is 74.1 Å². The zero-order chi connectivity index (χ0) is 13.9. The molecule has 1 atom stereocenters. The highest BCUT2D eigenvalue weighted by Crippen LogP contribution is 2.22. The fraction of sp³-hybridized carbons (Fsp3) is 0.500. The minimum atomic E-state index is -3.09. The molecule has 0 bridgehead atoms. The maximum Gasteiger partial charge on any atom is 0.164 e. The molecule has 0 aliphatic carbocycles. The van der Waals surface area contributed by atoms with Crippen LogP contribution in [0.15, 0.2) is 18.3 Å². The summed E-state index contributed by atoms with van der Waals surface area (Å²) in [6.07, 6.45) is 2.87. The van der Waals surface area contributed by atoms with Crippen molar-refractivity contribution in [1.82, 2.24) is 9.88 Å². The van der Waals surface area contributed by atoms with Crippen molar-refractivity contribution in [1.29, 1.82) is 5.26 Å². The van der Waals surface area contributed by atoms with E-state index in [0.717, 1.165) is 17.9 Å². The van der Waals surface area contributed by atoms with Crippen molar-refractivity contribution in [3.8, 4) is 6.07 Å². The first-order chi connectivity index (χ1) is 9.00. The van der Waals surface area contributed by atoms with Crippen LogP contribution in [0.5, 0.6) is 0 Å². The SMILES string of the molecule is CS(=O)(=O)C1CSCCN1Cc1ccnc(C#N)c1. The van der Waals surface area contributed by atoms with E-state index in [1.807, 2.05) is 17.0 Å². The lowest BCUT2D eigenvalue weighted by Crippen LogP contribution is -2.46. The monoisotopic (exact) mass is 297 g/mol. The maximum absolute atomic E-state index is 11.8. The molecule has 5 nitrogen and oxygen atoms in total. The maximum atomic E-state index is 11.8. The molecule has 1 unspecified atom stereocenters. The van der Waals surface area contributed by atoms with Gasteiger partial charge in [-0.05, 0) is 17.7 Å². The zero-order valence-corrected chi connectivity index (χ0v) is 12.2. The third-order valence-electron chi connectivity index (χ3n) is 3.01. The first kappa shape index (κ1) is 14.3. The lowest BCUT2D eigenvalue weighted by atomic mass is 10.2. The quantitative estimate of drug-likeness (QED) is 0.824. The van der Waals surface area contributed by atoms with E-state index < -0.39 is 15.2 Å². The smallest absolute Gasteiger partial charge is 0.164 e. The van der Waals surface area contributed by atoms with Crippen molar-refractivity contribution in [2.45, 2.75) is 11.9 Å². The van der Waals surface area contributed by atoms with E-state index >= 15 is 0 Å². The van der Waals surface area contributed by atoms with Gasteiger partial charge in [0.05, 0.1) is 0 Å². The lowest BCUT2D eigenvalue weighted by molar-refractivity contribution is 0.262. The number of nitriles is 1. The average Bonchev–Trinajstić information content (AvgIpc) is 2.38. The van der Waals surface area contributed by atoms with E-state index in [9.17, 15) is 8.42 Å². The van der Waals surface area contributed by atoms with Gasteiger partial charge in [0.15, 0.2) is 9.84 Å². The molecule has 1 saturated heterocycles. The van der Waals surface area contributed by atoms with Crippen LogP contribution in [0.3, 0.4) is 0 Å². The zero-order valence-electron chi connectivity index (χ0n) is 10.6. The molecule has 0 radical (unpaired) electrons. The first-order valence-electron chi connectivity index (χ1n) is 5.86. The van der Waals surface area contributed by atoms with E-state index in [-0.39, 0.29) is 0 Å². The number of hydrogen-bond acceptors (Lipinski definition) is 6. The molecule has 7 heteroatoms. The van der Waals surface area contributed by atoms with Gasteiger partial charge in [-0.25, -0.2) is 13.4 Å². The van der Waals surface area contributed by atoms with Gasteiger partial charge in [0, 0.05) is 37.0 Å². The number of hydrogen-bond donors (Lipinski definition) is 0. The predicted octanol–water partition coefficient (Wildman–Crippen LogP) is 0.873. The van der Waals surface area contributed by atoms with E-state index in [0.29, 0.717) is 18.0 Å². The Hall–Kier alpha value is -1.10. The van der Waals surface area contributed by atoms with E-state index in [1.165, 1.54) is 6.26 Å². The summed E-state index contributed by atoms with van der Waals surface area (Å²) in [5.74, 6) is 1.54. The average molecular weight is 297 g/mol. The fourth-order valence-corrected chi connectivity index (χ4v) is 5.00. The standard InChI is InChI=1S/C12H15N3O2S2/c1-19(16,17)12-9-18-5-4-15(12)8-10-2-3-14-11(6-10)7-13/h2-3,6,12H,4-5,8-9H2,1H3.